The maximum Gasteiger partial charge on any atom is 0.265 e. The van der Waals surface area contributed by atoms with Crippen LogP contribution in [0.3, 0.4) is 0 Å². The first kappa shape index (κ1) is 27.5. The third kappa shape index (κ3) is 5.78. The topological polar surface area (TPSA) is 105 Å². The second-order valence-corrected chi connectivity index (χ2v) is 12.8. The molecule has 2 heterocycles. The van der Waals surface area contributed by atoms with Crippen LogP contribution in [0.25, 0.3) is 10.1 Å². The largest absolute Gasteiger partial charge is 0.339 e. The highest BCUT2D eigenvalue weighted by Gasteiger charge is 2.24. The molecular weight excluding hydrogens is 544 g/mol. The molecule has 0 bridgehead atoms. The number of aryl methyl sites for hydroxylation is 1. The summed E-state index contributed by atoms with van der Waals surface area (Å²) in [6.07, 6.45) is 0.539. The van der Waals surface area contributed by atoms with E-state index in [0.29, 0.717) is 34.4 Å². The lowest BCUT2D eigenvalue weighted by molar-refractivity contribution is 0.103. The van der Waals surface area contributed by atoms with Gasteiger partial charge in [0.2, 0.25) is 5.89 Å². The Labute approximate surface area is 237 Å². The second kappa shape index (κ2) is 11.2. The molecule has 0 aliphatic heterocycles. The number of hydrogen-bond acceptors (Lipinski definition) is 7. The van der Waals surface area contributed by atoms with Gasteiger partial charge in [0, 0.05) is 29.3 Å². The Balaban J connectivity index is 1.30. The van der Waals surface area contributed by atoms with Crippen LogP contribution in [0.5, 0.6) is 0 Å². The molecule has 3 aromatic carbocycles. The quantitative estimate of drug-likeness (QED) is 0.208. The molecule has 1 N–H and O–H groups in total. The monoisotopic (exact) mass is 574 g/mol. The molecule has 5 rings (SSSR count). The number of sulfonamides is 1. The van der Waals surface area contributed by atoms with Gasteiger partial charge in [0.15, 0.2) is 5.82 Å². The van der Waals surface area contributed by atoms with Crippen molar-refractivity contribution in [2.75, 3.05) is 16.2 Å². The number of nitrogens with one attached hydrogen (secondary N) is 1. The summed E-state index contributed by atoms with van der Waals surface area (Å²) in [5.41, 5.74) is 3.22. The maximum atomic E-state index is 13.3. The normalized spacial score (nSPS) is 11.7. The fourth-order valence-corrected chi connectivity index (χ4v) is 6.69. The van der Waals surface area contributed by atoms with Crippen LogP contribution < -0.4 is 9.62 Å². The van der Waals surface area contributed by atoms with E-state index >= 15 is 0 Å². The Hall–Kier alpha value is -4.02. The Morgan fingerprint density at radius 2 is 1.75 bits per heavy atom. The smallest absolute Gasteiger partial charge is 0.265 e. The number of amides is 1. The van der Waals surface area contributed by atoms with Gasteiger partial charge < -0.3 is 9.84 Å². The summed E-state index contributed by atoms with van der Waals surface area (Å²) < 4.78 is 34.2. The summed E-state index contributed by atoms with van der Waals surface area (Å²) >= 11 is 1.36. The van der Waals surface area contributed by atoms with E-state index in [2.05, 4.69) is 15.5 Å². The van der Waals surface area contributed by atoms with Crippen molar-refractivity contribution in [1.29, 1.82) is 0 Å². The molecule has 40 heavy (non-hydrogen) atoms. The lowest BCUT2D eigenvalue weighted by atomic mass is 10.1. The Morgan fingerprint density at radius 1 is 1.02 bits per heavy atom. The minimum atomic E-state index is -3.72. The van der Waals surface area contributed by atoms with Gasteiger partial charge in [0.05, 0.1) is 15.5 Å². The third-order valence-corrected chi connectivity index (χ3v) is 9.49. The van der Waals surface area contributed by atoms with E-state index in [1.807, 2.05) is 57.2 Å². The molecule has 1 amide bonds. The fourth-order valence-electron chi connectivity index (χ4n) is 4.28. The van der Waals surface area contributed by atoms with Crippen LogP contribution in [0.2, 0.25) is 0 Å². The van der Waals surface area contributed by atoms with E-state index in [-0.39, 0.29) is 23.3 Å². The highest BCUT2D eigenvalue weighted by atomic mass is 32.2. The van der Waals surface area contributed by atoms with Crippen LogP contribution in [0.1, 0.15) is 59.2 Å². The zero-order chi connectivity index (χ0) is 28.4. The Kier molecular flexibility index (Phi) is 7.73. The van der Waals surface area contributed by atoms with E-state index < -0.39 is 10.0 Å². The molecule has 0 saturated carbocycles. The second-order valence-electron chi connectivity index (χ2n) is 9.85. The van der Waals surface area contributed by atoms with Gasteiger partial charge in [0.25, 0.3) is 15.9 Å². The van der Waals surface area contributed by atoms with Crippen molar-refractivity contribution in [3.8, 4) is 0 Å². The highest BCUT2D eigenvalue weighted by molar-refractivity contribution is 7.92. The highest BCUT2D eigenvalue weighted by Crippen LogP contribution is 2.32. The number of benzene rings is 3. The molecule has 8 nitrogen and oxygen atoms in total. The van der Waals surface area contributed by atoms with Crippen molar-refractivity contribution >= 4 is 48.7 Å². The Morgan fingerprint density at radius 3 is 2.40 bits per heavy atom. The molecule has 2 aromatic heterocycles. The van der Waals surface area contributed by atoms with Crippen LogP contribution in [0.4, 0.5) is 11.4 Å². The van der Waals surface area contributed by atoms with Crippen LogP contribution in [0.15, 0.2) is 82.2 Å². The lowest BCUT2D eigenvalue weighted by Crippen LogP contribution is -2.30. The van der Waals surface area contributed by atoms with Crippen LogP contribution >= 0.6 is 11.3 Å². The van der Waals surface area contributed by atoms with Crippen LogP contribution in [-0.4, -0.2) is 31.0 Å². The van der Waals surface area contributed by atoms with Gasteiger partial charge in [-0.2, -0.15) is 4.98 Å². The summed E-state index contributed by atoms with van der Waals surface area (Å²) in [5.74, 6) is 1.19. The number of carbonyl (C=O) groups is 1. The summed E-state index contributed by atoms with van der Waals surface area (Å²) in [5, 5.41) is 7.78. The molecule has 206 valence electrons. The number of aromatic nitrogens is 2. The number of rotatable bonds is 9. The van der Waals surface area contributed by atoms with Gasteiger partial charge in [-0.3, -0.25) is 9.10 Å². The van der Waals surface area contributed by atoms with Crippen molar-refractivity contribution < 1.29 is 17.7 Å². The molecule has 0 saturated heterocycles. The molecule has 0 fully saturated rings. The van der Waals surface area contributed by atoms with Gasteiger partial charge >= 0.3 is 0 Å². The molecule has 10 heteroatoms. The number of fused-ring (bicyclic) bond motifs is 1. The molecule has 0 aliphatic carbocycles. The number of anilines is 2. The van der Waals surface area contributed by atoms with Gasteiger partial charge in [-0.15, -0.1) is 11.3 Å². The SMILES string of the molecule is CCN(c1ccc2sc(C(=O)Nc3ccc(Cc4noc(C(C)C)n4)cc3)cc2c1)S(=O)(=O)c1ccc(C)cc1. The molecule has 5 aromatic rings. The average molecular weight is 575 g/mol. The van der Waals surface area contributed by atoms with E-state index in [1.54, 1.807) is 43.3 Å². The molecule has 0 radical (unpaired) electrons. The lowest BCUT2D eigenvalue weighted by Gasteiger charge is -2.23. The molecule has 0 spiro atoms. The molecule has 0 atom stereocenters. The number of carbonyl (C=O) groups excluding carboxylic acids is 1. The Bertz CT molecular complexity index is 1760. The van der Waals surface area contributed by atoms with Gasteiger partial charge in [0.1, 0.15) is 0 Å². The summed E-state index contributed by atoms with van der Waals surface area (Å²) in [7, 11) is -3.72. The average Bonchev–Trinajstić information content (AvgIpc) is 3.57. The van der Waals surface area contributed by atoms with E-state index in [9.17, 15) is 13.2 Å². The standard InChI is InChI=1S/C30H30N4O4S2/c1-5-34(40(36,37)25-13-6-20(4)7-14-25)24-12-15-26-22(17-24)18-27(39-26)29(35)31-23-10-8-21(9-11-23)16-28-32-30(19(2)3)38-33-28/h6-15,17-19H,5,16H2,1-4H3,(H,31,35). The minimum Gasteiger partial charge on any atom is -0.339 e. The summed E-state index contributed by atoms with van der Waals surface area (Å²) in [4.78, 5) is 18.2. The third-order valence-electron chi connectivity index (χ3n) is 6.46. The van der Waals surface area contributed by atoms with Gasteiger partial charge in [-0.1, -0.05) is 48.8 Å². The van der Waals surface area contributed by atoms with Crippen LogP contribution in [-0.2, 0) is 16.4 Å². The first-order valence-corrected chi connectivity index (χ1v) is 15.3. The van der Waals surface area contributed by atoms with Crippen molar-refractivity contribution in [2.24, 2.45) is 0 Å². The predicted octanol–water partition coefficient (Wildman–Crippen LogP) is 6.77. The van der Waals surface area contributed by atoms with Crippen molar-refractivity contribution in [3.63, 3.8) is 0 Å². The van der Waals surface area contributed by atoms with E-state index in [0.717, 1.165) is 21.2 Å². The van der Waals surface area contributed by atoms with Crippen molar-refractivity contribution in [1.82, 2.24) is 10.1 Å². The fraction of sp³-hybridized carbons (Fsp3) is 0.233. The zero-order valence-electron chi connectivity index (χ0n) is 22.7. The van der Waals surface area contributed by atoms with Crippen molar-refractivity contribution in [3.05, 3.63) is 101 Å². The van der Waals surface area contributed by atoms with E-state index in [1.165, 1.54) is 15.6 Å². The predicted molar refractivity (Wildman–Crippen MR) is 159 cm³/mol. The molecular formula is C30H30N4O4S2. The van der Waals surface area contributed by atoms with Gasteiger partial charge in [-0.05, 0) is 73.3 Å². The van der Waals surface area contributed by atoms with Crippen molar-refractivity contribution in [2.45, 2.75) is 44.9 Å². The number of thiophene rings is 1. The minimum absolute atomic E-state index is 0.177. The van der Waals surface area contributed by atoms with Gasteiger partial charge in [-0.25, -0.2) is 8.42 Å². The number of nitrogens with zero attached hydrogens (tertiary/aromatic N) is 3. The number of hydrogen-bond donors (Lipinski definition) is 1. The molecule has 0 unspecified atom stereocenters. The summed E-state index contributed by atoms with van der Waals surface area (Å²) in [6, 6.07) is 21.6. The first-order chi connectivity index (χ1) is 19.1. The molecule has 0 aliphatic rings. The first-order valence-electron chi connectivity index (χ1n) is 13.0. The van der Waals surface area contributed by atoms with Crippen LogP contribution in [0, 0.1) is 6.92 Å². The maximum absolute atomic E-state index is 13.3. The zero-order valence-corrected chi connectivity index (χ0v) is 24.3. The summed E-state index contributed by atoms with van der Waals surface area (Å²) in [6.45, 7) is 8.00. The van der Waals surface area contributed by atoms with E-state index in [4.69, 9.17) is 4.52 Å².